The van der Waals surface area contributed by atoms with Gasteiger partial charge in [0.1, 0.15) is 5.75 Å². The largest absolute Gasteiger partial charge is 0.484 e. The van der Waals surface area contributed by atoms with Gasteiger partial charge in [-0.1, -0.05) is 12.1 Å². The first kappa shape index (κ1) is 19.4. The second-order valence-electron chi connectivity index (χ2n) is 6.43. The summed E-state index contributed by atoms with van der Waals surface area (Å²) < 4.78 is 10.4. The molecule has 0 saturated heterocycles. The Balaban J connectivity index is 1.52. The number of carbonyl (C=O) groups is 3. The van der Waals surface area contributed by atoms with Crippen molar-refractivity contribution < 1.29 is 23.9 Å². The Morgan fingerprint density at radius 1 is 1.00 bits per heavy atom. The number of hydrogen-bond acceptors (Lipinski definition) is 5. The molecule has 2 aromatic carbocycles. The van der Waals surface area contributed by atoms with E-state index in [1.54, 1.807) is 55.5 Å². The summed E-state index contributed by atoms with van der Waals surface area (Å²) in [6.45, 7) is 1.81. The molecule has 0 unspecified atom stereocenters. The van der Waals surface area contributed by atoms with E-state index in [2.05, 4.69) is 10.6 Å². The summed E-state index contributed by atoms with van der Waals surface area (Å²) >= 11 is 0. The van der Waals surface area contributed by atoms with Gasteiger partial charge in [-0.15, -0.1) is 0 Å². The summed E-state index contributed by atoms with van der Waals surface area (Å²) in [7, 11) is 0. The predicted molar refractivity (Wildman–Crippen MR) is 104 cm³/mol. The molecule has 7 nitrogen and oxygen atoms in total. The smallest absolute Gasteiger partial charge is 0.338 e. The molecule has 28 heavy (non-hydrogen) atoms. The molecular formula is C21H22N2O5. The lowest BCUT2D eigenvalue weighted by Crippen LogP contribution is -2.20. The van der Waals surface area contributed by atoms with E-state index < -0.39 is 5.97 Å². The van der Waals surface area contributed by atoms with Gasteiger partial charge in [0.05, 0.1) is 12.2 Å². The fourth-order valence-electron chi connectivity index (χ4n) is 2.54. The Hall–Kier alpha value is -3.35. The number of benzene rings is 2. The van der Waals surface area contributed by atoms with Crippen molar-refractivity contribution in [3.8, 4) is 5.75 Å². The SMILES string of the molecule is CCOC(=O)c1cccc(NC(=O)COc2cccc(NC(=O)C3CC3)c2)c1. The lowest BCUT2D eigenvalue weighted by molar-refractivity contribution is -0.118. The van der Waals surface area contributed by atoms with Gasteiger partial charge in [0.2, 0.25) is 5.91 Å². The molecule has 146 valence electrons. The first-order chi connectivity index (χ1) is 13.5. The lowest BCUT2D eigenvalue weighted by atomic mass is 10.2. The standard InChI is InChI=1S/C21H22N2O5/c1-2-27-21(26)15-5-3-6-16(11-15)22-19(24)13-28-18-8-4-7-17(12-18)23-20(25)14-9-10-14/h3-8,11-12,14H,2,9-10,13H2,1H3,(H,22,24)(H,23,25). The molecule has 1 aliphatic rings. The normalized spacial score (nSPS) is 12.8. The third kappa shape index (κ3) is 5.57. The third-order valence-corrected chi connectivity index (χ3v) is 4.08. The molecule has 0 aromatic heterocycles. The summed E-state index contributed by atoms with van der Waals surface area (Å²) in [5.41, 5.74) is 1.47. The molecule has 0 spiro atoms. The van der Waals surface area contributed by atoms with Gasteiger partial charge in [0.25, 0.3) is 5.91 Å². The van der Waals surface area contributed by atoms with Crippen molar-refractivity contribution in [2.75, 3.05) is 23.8 Å². The van der Waals surface area contributed by atoms with Gasteiger partial charge in [-0.2, -0.15) is 0 Å². The molecule has 1 aliphatic carbocycles. The Morgan fingerprint density at radius 3 is 2.43 bits per heavy atom. The van der Waals surface area contributed by atoms with Gasteiger partial charge < -0.3 is 20.1 Å². The second-order valence-corrected chi connectivity index (χ2v) is 6.43. The van der Waals surface area contributed by atoms with Crippen LogP contribution in [-0.2, 0) is 14.3 Å². The highest BCUT2D eigenvalue weighted by Gasteiger charge is 2.29. The summed E-state index contributed by atoms with van der Waals surface area (Å²) in [5.74, 6) is -0.213. The van der Waals surface area contributed by atoms with Crippen LogP contribution in [-0.4, -0.2) is 31.0 Å². The number of amides is 2. The molecule has 7 heteroatoms. The number of carbonyl (C=O) groups excluding carboxylic acids is 3. The van der Waals surface area contributed by atoms with Gasteiger partial charge in [-0.25, -0.2) is 4.79 Å². The maximum atomic E-state index is 12.1. The van der Waals surface area contributed by atoms with Gasteiger partial charge in [0.15, 0.2) is 6.61 Å². The van der Waals surface area contributed by atoms with Gasteiger partial charge >= 0.3 is 5.97 Å². The van der Waals surface area contributed by atoms with Crippen LogP contribution in [0.4, 0.5) is 11.4 Å². The predicted octanol–water partition coefficient (Wildman–Crippen LogP) is 3.23. The van der Waals surface area contributed by atoms with Gasteiger partial charge in [0, 0.05) is 23.4 Å². The lowest BCUT2D eigenvalue weighted by Gasteiger charge is -2.10. The first-order valence-electron chi connectivity index (χ1n) is 9.16. The molecule has 0 bridgehead atoms. The zero-order chi connectivity index (χ0) is 19.9. The maximum Gasteiger partial charge on any atom is 0.338 e. The monoisotopic (exact) mass is 382 g/mol. The number of anilines is 2. The zero-order valence-corrected chi connectivity index (χ0v) is 15.6. The molecule has 0 atom stereocenters. The number of ether oxygens (including phenoxy) is 2. The van der Waals surface area contributed by atoms with Crippen LogP contribution in [0.5, 0.6) is 5.75 Å². The first-order valence-corrected chi connectivity index (χ1v) is 9.16. The third-order valence-electron chi connectivity index (χ3n) is 4.08. The van der Waals surface area contributed by atoms with Crippen LogP contribution in [0, 0.1) is 5.92 Å². The van der Waals surface area contributed by atoms with E-state index in [9.17, 15) is 14.4 Å². The highest BCUT2D eigenvalue weighted by Crippen LogP contribution is 2.30. The molecule has 0 aliphatic heterocycles. The Bertz CT molecular complexity index is 877. The van der Waals surface area contributed by atoms with Crippen molar-refractivity contribution in [2.45, 2.75) is 19.8 Å². The van der Waals surface area contributed by atoms with Gasteiger partial charge in [-0.3, -0.25) is 9.59 Å². The van der Waals surface area contributed by atoms with Crippen LogP contribution in [0.25, 0.3) is 0 Å². The van der Waals surface area contributed by atoms with Gasteiger partial charge in [-0.05, 0) is 50.1 Å². The summed E-state index contributed by atoms with van der Waals surface area (Å²) in [5, 5.41) is 5.51. The van der Waals surface area contributed by atoms with Crippen LogP contribution in [0.2, 0.25) is 0 Å². The van der Waals surface area contributed by atoms with E-state index in [1.807, 2.05) is 0 Å². The molecule has 2 amide bonds. The average molecular weight is 382 g/mol. The Morgan fingerprint density at radius 2 is 1.71 bits per heavy atom. The average Bonchev–Trinajstić information content (AvgIpc) is 3.52. The minimum absolute atomic E-state index is 0.0105. The number of hydrogen-bond donors (Lipinski definition) is 2. The highest BCUT2D eigenvalue weighted by atomic mass is 16.5. The molecule has 0 heterocycles. The highest BCUT2D eigenvalue weighted by molar-refractivity contribution is 5.95. The molecular weight excluding hydrogens is 360 g/mol. The number of esters is 1. The van der Waals surface area contributed by atoms with E-state index >= 15 is 0 Å². The minimum Gasteiger partial charge on any atom is -0.484 e. The molecule has 2 N–H and O–H groups in total. The molecule has 0 radical (unpaired) electrons. The van der Waals surface area contributed by atoms with Crippen LogP contribution >= 0.6 is 0 Å². The van der Waals surface area contributed by atoms with Crippen LogP contribution in [0.3, 0.4) is 0 Å². The summed E-state index contributed by atoms with van der Waals surface area (Å²) in [6, 6.07) is 13.4. The van der Waals surface area contributed by atoms with Crippen LogP contribution in [0.1, 0.15) is 30.1 Å². The summed E-state index contributed by atoms with van der Waals surface area (Å²) in [4.78, 5) is 35.7. The van der Waals surface area contributed by atoms with Crippen molar-refractivity contribution >= 4 is 29.2 Å². The van der Waals surface area contributed by atoms with E-state index in [4.69, 9.17) is 9.47 Å². The minimum atomic E-state index is -0.445. The van der Waals surface area contributed by atoms with Crippen molar-refractivity contribution in [1.82, 2.24) is 0 Å². The Kier molecular flexibility index (Phi) is 6.26. The Labute approximate surface area is 163 Å². The zero-order valence-electron chi connectivity index (χ0n) is 15.6. The van der Waals surface area contributed by atoms with Crippen molar-refractivity contribution in [1.29, 1.82) is 0 Å². The van der Waals surface area contributed by atoms with Crippen LogP contribution < -0.4 is 15.4 Å². The fourth-order valence-corrected chi connectivity index (χ4v) is 2.54. The maximum absolute atomic E-state index is 12.1. The van der Waals surface area contributed by atoms with E-state index in [1.165, 1.54) is 0 Å². The topological polar surface area (TPSA) is 93.7 Å². The molecule has 1 saturated carbocycles. The number of rotatable bonds is 8. The van der Waals surface area contributed by atoms with Crippen LogP contribution in [0.15, 0.2) is 48.5 Å². The van der Waals surface area contributed by atoms with Crippen molar-refractivity contribution in [2.24, 2.45) is 5.92 Å². The van der Waals surface area contributed by atoms with E-state index in [-0.39, 0.29) is 30.9 Å². The second kappa shape index (κ2) is 9.03. The summed E-state index contributed by atoms with van der Waals surface area (Å²) in [6.07, 6.45) is 1.86. The molecule has 3 rings (SSSR count). The molecule has 1 fully saturated rings. The van der Waals surface area contributed by atoms with Crippen molar-refractivity contribution in [3.05, 3.63) is 54.1 Å². The molecule has 2 aromatic rings. The fraction of sp³-hybridized carbons (Fsp3) is 0.286. The van der Waals surface area contributed by atoms with E-state index in [0.29, 0.717) is 22.7 Å². The quantitative estimate of drug-likeness (QED) is 0.684. The number of nitrogens with one attached hydrogen (secondary N) is 2. The van der Waals surface area contributed by atoms with E-state index in [0.717, 1.165) is 12.8 Å². The van der Waals surface area contributed by atoms with Crippen molar-refractivity contribution in [3.63, 3.8) is 0 Å².